The van der Waals surface area contributed by atoms with Crippen LogP contribution in [0, 0.1) is 5.82 Å². The number of halogens is 1. The molecule has 140 valence electrons. The lowest BCUT2D eigenvalue weighted by Gasteiger charge is -2.33. The predicted octanol–water partition coefficient (Wildman–Crippen LogP) is 2.59. The van der Waals surface area contributed by atoms with E-state index in [1.54, 1.807) is 19.1 Å². The Balaban J connectivity index is 1.33. The summed E-state index contributed by atoms with van der Waals surface area (Å²) >= 11 is 0. The van der Waals surface area contributed by atoms with Crippen LogP contribution in [0.2, 0.25) is 0 Å². The Bertz CT molecular complexity index is 944. The van der Waals surface area contributed by atoms with Crippen molar-refractivity contribution in [2.75, 3.05) is 0 Å². The van der Waals surface area contributed by atoms with Crippen LogP contribution in [-0.2, 0) is 0 Å². The third-order valence-electron chi connectivity index (χ3n) is 4.51. The van der Waals surface area contributed by atoms with Gasteiger partial charge in [0.1, 0.15) is 17.6 Å². The molecule has 1 aromatic carbocycles. The number of rotatable bonds is 5. The minimum Gasteiger partial charge on any atom is -0.422 e. The van der Waals surface area contributed by atoms with Gasteiger partial charge >= 0.3 is 0 Å². The van der Waals surface area contributed by atoms with E-state index < -0.39 is 6.10 Å². The number of hydrogen-bond donors (Lipinski definition) is 2. The van der Waals surface area contributed by atoms with Gasteiger partial charge in [-0.2, -0.15) is 0 Å². The van der Waals surface area contributed by atoms with Gasteiger partial charge in [0.25, 0.3) is 5.91 Å². The van der Waals surface area contributed by atoms with Crippen molar-refractivity contribution in [3.8, 4) is 11.3 Å². The quantitative estimate of drug-likeness (QED) is 0.707. The third-order valence-corrected chi connectivity index (χ3v) is 4.51. The molecule has 2 aromatic heterocycles. The highest BCUT2D eigenvalue weighted by molar-refractivity contribution is 5.92. The number of hydrogen-bond acceptors (Lipinski definition) is 7. The Morgan fingerprint density at radius 1 is 1.30 bits per heavy atom. The number of aromatic nitrogens is 3. The van der Waals surface area contributed by atoms with Crippen molar-refractivity contribution in [1.29, 1.82) is 0 Å². The van der Waals surface area contributed by atoms with E-state index in [2.05, 4.69) is 20.7 Å². The molecule has 0 radical (unpaired) electrons. The fourth-order valence-electron chi connectivity index (χ4n) is 2.91. The number of nitrogens with zero attached hydrogens (tertiary/aromatic N) is 3. The molecule has 1 saturated carbocycles. The summed E-state index contributed by atoms with van der Waals surface area (Å²) in [6, 6.07) is 7.25. The molecule has 8 nitrogen and oxygen atoms in total. The average Bonchev–Trinajstić information content (AvgIpc) is 3.28. The molecule has 9 heteroatoms. The number of nitrogens with one attached hydrogen (secondary N) is 1. The summed E-state index contributed by atoms with van der Waals surface area (Å²) in [6.45, 7) is 1.55. The fraction of sp³-hybridized carbons (Fsp3) is 0.333. The first-order valence-corrected chi connectivity index (χ1v) is 8.54. The molecule has 1 aliphatic carbocycles. The zero-order chi connectivity index (χ0) is 19.0. The van der Waals surface area contributed by atoms with Gasteiger partial charge in [-0.3, -0.25) is 4.79 Å². The number of amides is 1. The van der Waals surface area contributed by atoms with E-state index in [9.17, 15) is 14.3 Å². The average molecular weight is 372 g/mol. The van der Waals surface area contributed by atoms with E-state index >= 15 is 0 Å². The first-order chi connectivity index (χ1) is 13.0. The molecular formula is C18H17FN4O4. The molecule has 1 unspecified atom stereocenters. The number of carbonyl (C=O) groups excluding carboxylic acids is 1. The minimum absolute atomic E-state index is 0.0382. The van der Waals surface area contributed by atoms with E-state index in [-0.39, 0.29) is 35.3 Å². The van der Waals surface area contributed by atoms with Gasteiger partial charge in [0.15, 0.2) is 0 Å². The van der Waals surface area contributed by atoms with Crippen molar-refractivity contribution in [3.63, 3.8) is 0 Å². The summed E-state index contributed by atoms with van der Waals surface area (Å²) in [5.41, 5.74) is 1.12. The zero-order valence-electron chi connectivity index (χ0n) is 14.4. The second kappa shape index (κ2) is 6.92. The highest BCUT2D eigenvalue weighted by Gasteiger charge is 2.36. The molecule has 4 rings (SSSR count). The van der Waals surface area contributed by atoms with E-state index in [4.69, 9.17) is 8.94 Å². The smallest absolute Gasteiger partial charge is 0.290 e. The van der Waals surface area contributed by atoms with E-state index in [1.165, 1.54) is 18.2 Å². The van der Waals surface area contributed by atoms with Gasteiger partial charge in [-0.1, -0.05) is 5.16 Å². The van der Waals surface area contributed by atoms with Crippen LogP contribution >= 0.6 is 0 Å². The van der Waals surface area contributed by atoms with Gasteiger partial charge in [-0.15, -0.1) is 10.2 Å². The van der Waals surface area contributed by atoms with Crippen LogP contribution in [-0.4, -0.2) is 32.4 Å². The molecule has 3 aromatic rings. The molecule has 1 amide bonds. The molecule has 1 aliphatic rings. The highest BCUT2D eigenvalue weighted by atomic mass is 19.1. The van der Waals surface area contributed by atoms with Crippen molar-refractivity contribution < 1.29 is 23.2 Å². The first-order valence-electron chi connectivity index (χ1n) is 8.54. The molecule has 0 aliphatic heterocycles. The van der Waals surface area contributed by atoms with Crippen LogP contribution < -0.4 is 5.32 Å². The summed E-state index contributed by atoms with van der Waals surface area (Å²) in [7, 11) is 0. The lowest BCUT2D eigenvalue weighted by atomic mass is 9.80. The standard InChI is InChI=1S/C18H17FN4O4/c1-9(24)17-21-22-18(26-17)11-6-13(7-11)20-16(25)15-8-14(23-27-15)10-2-4-12(19)5-3-10/h2-5,8-9,11,13,24H,6-7H2,1H3,(H,20,25)/t9?,11-,13-. The molecule has 2 heterocycles. The summed E-state index contributed by atoms with van der Waals surface area (Å²) in [5.74, 6) is 0.0879. The third kappa shape index (κ3) is 3.59. The van der Waals surface area contributed by atoms with E-state index in [1.807, 2.05) is 0 Å². The lowest BCUT2D eigenvalue weighted by Crippen LogP contribution is -2.43. The van der Waals surface area contributed by atoms with Gasteiger partial charge < -0.3 is 19.4 Å². The second-order valence-corrected chi connectivity index (χ2v) is 6.58. The van der Waals surface area contributed by atoms with Gasteiger partial charge in [-0.05, 0) is 44.0 Å². The van der Waals surface area contributed by atoms with E-state index in [0.29, 0.717) is 30.0 Å². The fourth-order valence-corrected chi connectivity index (χ4v) is 2.91. The topological polar surface area (TPSA) is 114 Å². The Hall–Kier alpha value is -3.07. The molecule has 0 saturated heterocycles. The molecule has 0 spiro atoms. The molecular weight excluding hydrogens is 355 g/mol. The Morgan fingerprint density at radius 3 is 2.70 bits per heavy atom. The van der Waals surface area contributed by atoms with Crippen LogP contribution in [0.4, 0.5) is 4.39 Å². The summed E-state index contributed by atoms with van der Waals surface area (Å²) in [6.07, 6.45) is 0.515. The van der Waals surface area contributed by atoms with Crippen molar-refractivity contribution in [1.82, 2.24) is 20.7 Å². The van der Waals surface area contributed by atoms with Gasteiger partial charge in [0.2, 0.25) is 17.5 Å². The zero-order valence-corrected chi connectivity index (χ0v) is 14.4. The van der Waals surface area contributed by atoms with Crippen molar-refractivity contribution in [3.05, 3.63) is 53.7 Å². The lowest BCUT2D eigenvalue weighted by molar-refractivity contribution is 0.0864. The van der Waals surface area contributed by atoms with Crippen molar-refractivity contribution in [2.24, 2.45) is 0 Å². The van der Waals surface area contributed by atoms with Crippen molar-refractivity contribution in [2.45, 2.75) is 37.8 Å². The Labute approximate surface area is 153 Å². The normalized spacial score (nSPS) is 20.1. The summed E-state index contributed by atoms with van der Waals surface area (Å²) in [4.78, 5) is 12.3. The molecule has 0 bridgehead atoms. The molecule has 1 atom stereocenters. The maximum atomic E-state index is 13.0. The van der Waals surface area contributed by atoms with Gasteiger partial charge in [0, 0.05) is 23.6 Å². The van der Waals surface area contributed by atoms with Crippen LogP contribution in [0.5, 0.6) is 0 Å². The number of carbonyl (C=O) groups is 1. The van der Waals surface area contributed by atoms with Gasteiger partial charge in [0.05, 0.1) is 0 Å². The van der Waals surface area contributed by atoms with Crippen LogP contribution in [0.15, 0.2) is 39.3 Å². The van der Waals surface area contributed by atoms with Crippen LogP contribution in [0.1, 0.15) is 54.1 Å². The maximum Gasteiger partial charge on any atom is 0.290 e. The highest BCUT2D eigenvalue weighted by Crippen LogP contribution is 2.36. The molecule has 2 N–H and O–H groups in total. The number of aliphatic hydroxyl groups is 1. The minimum atomic E-state index is -0.802. The SMILES string of the molecule is CC(O)c1nnc([C@H]2C[C@H](NC(=O)c3cc(-c4ccc(F)cc4)no3)C2)o1. The second-order valence-electron chi connectivity index (χ2n) is 6.58. The summed E-state index contributed by atoms with van der Waals surface area (Å²) in [5, 5.41) is 23.9. The monoisotopic (exact) mass is 372 g/mol. The van der Waals surface area contributed by atoms with Crippen molar-refractivity contribution >= 4 is 5.91 Å². The van der Waals surface area contributed by atoms with Gasteiger partial charge in [-0.25, -0.2) is 4.39 Å². The summed E-state index contributed by atoms with van der Waals surface area (Å²) < 4.78 is 23.5. The predicted molar refractivity (Wildman–Crippen MR) is 90.1 cm³/mol. The molecule has 27 heavy (non-hydrogen) atoms. The Kier molecular flexibility index (Phi) is 4.44. The number of aliphatic hydroxyl groups excluding tert-OH is 1. The Morgan fingerprint density at radius 2 is 2.04 bits per heavy atom. The first kappa shape index (κ1) is 17.3. The maximum absolute atomic E-state index is 13.0. The van der Waals surface area contributed by atoms with Crippen LogP contribution in [0.3, 0.4) is 0 Å². The molecule has 1 fully saturated rings. The largest absolute Gasteiger partial charge is 0.422 e. The number of benzene rings is 1. The van der Waals surface area contributed by atoms with E-state index in [0.717, 1.165) is 0 Å². The van der Waals surface area contributed by atoms with Crippen LogP contribution in [0.25, 0.3) is 11.3 Å².